The van der Waals surface area contributed by atoms with E-state index in [-0.39, 0.29) is 12.0 Å². The predicted molar refractivity (Wildman–Crippen MR) is 117 cm³/mol. The van der Waals surface area contributed by atoms with Crippen LogP contribution in [-0.4, -0.2) is 49.6 Å². The minimum atomic E-state index is -0.296. The number of fused-ring (bicyclic) bond motifs is 1. The molecule has 1 amide bonds. The molecule has 1 saturated heterocycles. The van der Waals surface area contributed by atoms with Crippen LogP contribution in [0.4, 0.5) is 0 Å². The fraction of sp³-hybridized carbons (Fsp3) is 0.292. The monoisotopic (exact) mass is 416 g/mol. The molecule has 5 rings (SSSR count). The Hall–Kier alpha value is -3.45. The van der Waals surface area contributed by atoms with Gasteiger partial charge in [0.25, 0.3) is 0 Å². The molecule has 0 bridgehead atoms. The molecule has 1 fully saturated rings. The van der Waals surface area contributed by atoms with E-state index in [0.717, 1.165) is 22.3 Å². The van der Waals surface area contributed by atoms with Gasteiger partial charge in [-0.15, -0.1) is 0 Å². The number of oxazole rings is 1. The number of nitrogens with zero attached hydrogens (tertiary/aromatic N) is 4. The second-order valence-electron chi connectivity index (χ2n) is 7.85. The van der Waals surface area contributed by atoms with Crippen molar-refractivity contribution in [3.63, 3.8) is 0 Å². The van der Waals surface area contributed by atoms with E-state index >= 15 is 0 Å². The van der Waals surface area contributed by atoms with E-state index in [1.54, 1.807) is 6.33 Å². The molecule has 7 heteroatoms. The molecule has 4 aromatic rings. The van der Waals surface area contributed by atoms with E-state index in [1.807, 2.05) is 64.1 Å². The number of piperidine rings is 1. The highest BCUT2D eigenvalue weighted by molar-refractivity contribution is 5.78. The molecule has 158 valence electrons. The van der Waals surface area contributed by atoms with Crippen LogP contribution in [0.25, 0.3) is 28.3 Å². The first-order valence-corrected chi connectivity index (χ1v) is 10.6. The van der Waals surface area contributed by atoms with Crippen LogP contribution >= 0.6 is 0 Å². The van der Waals surface area contributed by atoms with Gasteiger partial charge in [-0.2, -0.15) is 4.98 Å². The highest BCUT2D eigenvalue weighted by Gasteiger charge is 2.23. The molecule has 0 radical (unpaired) electrons. The summed E-state index contributed by atoms with van der Waals surface area (Å²) in [5.41, 5.74) is 3.48. The first-order chi connectivity index (χ1) is 15.2. The normalized spacial score (nSPS) is 14.9. The fourth-order valence-electron chi connectivity index (χ4n) is 4.04. The van der Waals surface area contributed by atoms with Crippen LogP contribution in [0.3, 0.4) is 0 Å². The van der Waals surface area contributed by atoms with Crippen molar-refractivity contribution in [1.29, 1.82) is 0 Å². The predicted octanol–water partition coefficient (Wildman–Crippen LogP) is 3.60. The van der Waals surface area contributed by atoms with Crippen molar-refractivity contribution in [3.8, 4) is 17.3 Å². The zero-order chi connectivity index (χ0) is 21.2. The summed E-state index contributed by atoms with van der Waals surface area (Å²) in [6.45, 7) is 1.21. The van der Waals surface area contributed by atoms with Crippen molar-refractivity contribution >= 4 is 16.9 Å². The summed E-state index contributed by atoms with van der Waals surface area (Å²) in [5, 5.41) is 9.68. The number of amides is 1. The number of likely N-dealkylation sites (tertiary alicyclic amines) is 1. The van der Waals surface area contributed by atoms with E-state index in [0.29, 0.717) is 50.5 Å². The van der Waals surface area contributed by atoms with Gasteiger partial charge in [-0.25, -0.2) is 4.98 Å². The zero-order valence-electron chi connectivity index (χ0n) is 17.1. The average Bonchev–Trinajstić information content (AvgIpc) is 3.43. The molecule has 7 nitrogen and oxygen atoms in total. The Bertz CT molecular complexity index is 1190. The van der Waals surface area contributed by atoms with Gasteiger partial charge in [0.05, 0.1) is 17.1 Å². The molecule has 0 spiro atoms. The maximum atomic E-state index is 12.7. The van der Waals surface area contributed by atoms with Gasteiger partial charge in [0.15, 0.2) is 0 Å². The van der Waals surface area contributed by atoms with Gasteiger partial charge in [0.2, 0.25) is 5.91 Å². The minimum Gasteiger partial charge on any atom is -0.427 e. The van der Waals surface area contributed by atoms with Crippen LogP contribution in [0.1, 0.15) is 25.0 Å². The lowest BCUT2D eigenvalue weighted by molar-refractivity contribution is -0.133. The van der Waals surface area contributed by atoms with Gasteiger partial charge < -0.3 is 14.4 Å². The molecule has 1 aliphatic heterocycles. The summed E-state index contributed by atoms with van der Waals surface area (Å²) in [7, 11) is 0. The number of hydrogen-bond acceptors (Lipinski definition) is 5. The van der Waals surface area contributed by atoms with E-state index in [4.69, 9.17) is 9.40 Å². The number of imidazole rings is 1. The molecule has 3 heterocycles. The molecule has 0 saturated carbocycles. The summed E-state index contributed by atoms with van der Waals surface area (Å²) in [6, 6.07) is 18.1. The minimum absolute atomic E-state index is 0.0805. The smallest absolute Gasteiger partial charge is 0.308 e. The van der Waals surface area contributed by atoms with E-state index in [2.05, 4.69) is 4.98 Å². The van der Waals surface area contributed by atoms with Crippen LogP contribution in [0, 0.1) is 0 Å². The van der Waals surface area contributed by atoms with Gasteiger partial charge in [-0.1, -0.05) is 42.5 Å². The SMILES string of the molecule is O=C(CCc1oc(-n2cnc3ccccc32)nc1-c1ccccc1)N1CCC(O)CC1. The van der Waals surface area contributed by atoms with Crippen LogP contribution in [-0.2, 0) is 11.2 Å². The molecule has 31 heavy (non-hydrogen) atoms. The Morgan fingerprint density at radius 2 is 1.81 bits per heavy atom. The summed E-state index contributed by atoms with van der Waals surface area (Å²) in [4.78, 5) is 23.7. The number of aryl methyl sites for hydroxylation is 1. The quantitative estimate of drug-likeness (QED) is 0.537. The van der Waals surface area contributed by atoms with E-state index in [9.17, 15) is 9.90 Å². The summed E-state index contributed by atoms with van der Waals surface area (Å²) < 4.78 is 8.01. The molecule has 2 aromatic heterocycles. The van der Waals surface area contributed by atoms with E-state index in [1.165, 1.54) is 0 Å². The zero-order valence-corrected chi connectivity index (χ0v) is 17.1. The van der Waals surface area contributed by atoms with Crippen molar-refractivity contribution in [2.45, 2.75) is 31.8 Å². The summed E-state index contributed by atoms with van der Waals surface area (Å²) in [6.07, 6.45) is 3.49. The molecule has 0 unspecified atom stereocenters. The van der Waals surface area contributed by atoms with Gasteiger partial charge in [0, 0.05) is 31.5 Å². The van der Waals surface area contributed by atoms with Crippen molar-refractivity contribution in [2.75, 3.05) is 13.1 Å². The van der Waals surface area contributed by atoms with Gasteiger partial charge in [-0.3, -0.25) is 9.36 Å². The van der Waals surface area contributed by atoms with Crippen LogP contribution in [0.5, 0.6) is 0 Å². The van der Waals surface area contributed by atoms with Crippen LogP contribution in [0.2, 0.25) is 0 Å². The number of aliphatic hydroxyl groups is 1. The van der Waals surface area contributed by atoms with Gasteiger partial charge in [0.1, 0.15) is 17.8 Å². The lowest BCUT2D eigenvalue weighted by Gasteiger charge is -2.29. The Morgan fingerprint density at radius 1 is 1.06 bits per heavy atom. The third kappa shape index (κ3) is 3.96. The van der Waals surface area contributed by atoms with Gasteiger partial charge in [-0.05, 0) is 25.0 Å². The Labute approximate surface area is 180 Å². The summed E-state index contributed by atoms with van der Waals surface area (Å²) in [5.74, 6) is 0.765. The number of carbonyl (C=O) groups is 1. The van der Waals surface area contributed by atoms with Crippen molar-refractivity contribution in [3.05, 3.63) is 66.7 Å². The lowest BCUT2D eigenvalue weighted by Crippen LogP contribution is -2.40. The highest BCUT2D eigenvalue weighted by Crippen LogP contribution is 2.28. The number of aliphatic hydroxyl groups excluding tert-OH is 1. The molecular weight excluding hydrogens is 392 g/mol. The molecule has 1 N–H and O–H groups in total. The lowest BCUT2D eigenvalue weighted by atomic mass is 10.1. The maximum absolute atomic E-state index is 12.7. The number of carbonyl (C=O) groups excluding carboxylic acids is 1. The molecule has 0 atom stereocenters. The average molecular weight is 416 g/mol. The number of rotatable bonds is 5. The second kappa shape index (κ2) is 8.35. The van der Waals surface area contributed by atoms with Crippen molar-refractivity contribution in [1.82, 2.24) is 19.4 Å². The van der Waals surface area contributed by atoms with Crippen molar-refractivity contribution in [2.24, 2.45) is 0 Å². The number of aromatic nitrogens is 3. The second-order valence-corrected chi connectivity index (χ2v) is 7.85. The number of benzene rings is 2. The van der Waals surface area contributed by atoms with Crippen molar-refractivity contribution < 1.29 is 14.3 Å². The van der Waals surface area contributed by atoms with E-state index < -0.39 is 0 Å². The first-order valence-electron chi connectivity index (χ1n) is 10.6. The molecule has 2 aromatic carbocycles. The number of hydrogen-bond donors (Lipinski definition) is 1. The third-order valence-corrected chi connectivity index (χ3v) is 5.78. The molecule has 0 aliphatic carbocycles. The molecular formula is C24H24N4O3. The van der Waals surface area contributed by atoms with Gasteiger partial charge >= 0.3 is 6.01 Å². The largest absolute Gasteiger partial charge is 0.427 e. The fourth-order valence-corrected chi connectivity index (χ4v) is 4.04. The standard InChI is InChI=1S/C24H24N4O3/c29-18-12-14-27(15-13-18)22(30)11-10-21-23(17-6-2-1-3-7-17)26-24(31-21)28-16-25-19-8-4-5-9-20(19)28/h1-9,16,18,29H,10-15H2. The Morgan fingerprint density at radius 3 is 2.61 bits per heavy atom. The topological polar surface area (TPSA) is 84.4 Å². The highest BCUT2D eigenvalue weighted by atomic mass is 16.4. The maximum Gasteiger partial charge on any atom is 0.308 e. The van der Waals surface area contributed by atoms with Crippen LogP contribution < -0.4 is 0 Å². The Balaban J connectivity index is 1.44. The molecule has 1 aliphatic rings. The number of para-hydroxylation sites is 2. The van der Waals surface area contributed by atoms with Crippen LogP contribution in [0.15, 0.2) is 65.3 Å². The first kappa shape index (κ1) is 19.5. The summed E-state index contributed by atoms with van der Waals surface area (Å²) >= 11 is 0. The third-order valence-electron chi connectivity index (χ3n) is 5.78. The Kier molecular flexibility index (Phi) is 5.26.